The number of fused-ring (bicyclic) bond motifs is 1. The van der Waals surface area contributed by atoms with E-state index in [9.17, 15) is 4.79 Å². The summed E-state index contributed by atoms with van der Waals surface area (Å²) in [5, 5.41) is 8.97. The zero-order chi connectivity index (χ0) is 9.26. The van der Waals surface area contributed by atoms with Crippen LogP contribution >= 0.6 is 0 Å². The van der Waals surface area contributed by atoms with Crippen molar-refractivity contribution < 1.29 is 9.90 Å². The zero-order valence-electron chi connectivity index (χ0n) is 7.36. The summed E-state index contributed by atoms with van der Waals surface area (Å²) in [6.07, 6.45) is 1.69. The van der Waals surface area contributed by atoms with Gasteiger partial charge in [0.2, 0.25) is 0 Å². The van der Waals surface area contributed by atoms with E-state index >= 15 is 0 Å². The molecule has 0 saturated heterocycles. The maximum Gasteiger partial charge on any atom is 0.168 e. The van der Waals surface area contributed by atoms with Gasteiger partial charge in [0.15, 0.2) is 5.78 Å². The van der Waals surface area contributed by atoms with Gasteiger partial charge in [-0.05, 0) is 18.4 Å². The highest BCUT2D eigenvalue weighted by Gasteiger charge is 2.25. The first-order valence-corrected chi connectivity index (χ1v) is 4.56. The van der Waals surface area contributed by atoms with Crippen molar-refractivity contribution in [3.8, 4) is 0 Å². The number of hydrogen-bond acceptors (Lipinski definition) is 2. The molecule has 68 valence electrons. The number of benzene rings is 1. The van der Waals surface area contributed by atoms with E-state index in [1.54, 1.807) is 0 Å². The van der Waals surface area contributed by atoms with Crippen LogP contribution in [0.25, 0.3) is 0 Å². The van der Waals surface area contributed by atoms with E-state index in [1.807, 2.05) is 24.3 Å². The minimum absolute atomic E-state index is 0.0207. The van der Waals surface area contributed by atoms with Gasteiger partial charge in [-0.2, -0.15) is 0 Å². The molecule has 1 aliphatic rings. The van der Waals surface area contributed by atoms with E-state index in [0.717, 1.165) is 24.0 Å². The number of aryl methyl sites for hydroxylation is 1. The molecule has 0 spiro atoms. The smallest absolute Gasteiger partial charge is 0.168 e. The third-order valence-electron chi connectivity index (χ3n) is 2.64. The lowest BCUT2D eigenvalue weighted by molar-refractivity contribution is 0.0837. The molecule has 1 N–H and O–H groups in total. The van der Waals surface area contributed by atoms with Gasteiger partial charge >= 0.3 is 0 Å². The van der Waals surface area contributed by atoms with Crippen LogP contribution in [0.5, 0.6) is 0 Å². The van der Waals surface area contributed by atoms with E-state index in [4.69, 9.17) is 5.11 Å². The molecule has 1 aliphatic carbocycles. The van der Waals surface area contributed by atoms with Gasteiger partial charge in [-0.3, -0.25) is 4.79 Å². The molecule has 0 saturated carbocycles. The number of carbonyl (C=O) groups is 1. The van der Waals surface area contributed by atoms with Crippen LogP contribution in [0.3, 0.4) is 0 Å². The van der Waals surface area contributed by atoms with Gasteiger partial charge in [0.05, 0.1) is 6.61 Å². The van der Waals surface area contributed by atoms with Crippen molar-refractivity contribution in [2.75, 3.05) is 6.61 Å². The molecule has 2 heteroatoms. The Kier molecular flexibility index (Phi) is 2.15. The molecule has 0 fully saturated rings. The lowest BCUT2D eigenvalue weighted by Crippen LogP contribution is -2.25. The van der Waals surface area contributed by atoms with Gasteiger partial charge in [0.25, 0.3) is 0 Å². The number of carbonyl (C=O) groups excluding carboxylic acids is 1. The van der Waals surface area contributed by atoms with Gasteiger partial charge in [-0.1, -0.05) is 24.3 Å². The minimum Gasteiger partial charge on any atom is -0.396 e. The molecule has 1 aromatic rings. The molecule has 0 bridgehead atoms. The first kappa shape index (κ1) is 8.45. The van der Waals surface area contributed by atoms with E-state index in [2.05, 4.69) is 0 Å². The van der Waals surface area contributed by atoms with Crippen molar-refractivity contribution in [1.82, 2.24) is 0 Å². The summed E-state index contributed by atoms with van der Waals surface area (Å²) in [6, 6.07) is 7.65. The summed E-state index contributed by atoms with van der Waals surface area (Å²) in [5.41, 5.74) is 1.92. The third kappa shape index (κ3) is 1.38. The van der Waals surface area contributed by atoms with Gasteiger partial charge in [-0.25, -0.2) is 0 Å². The number of Topliss-reactive ketones (excluding diaryl/α,β-unsaturated/α-hetero) is 1. The Morgan fingerprint density at radius 3 is 2.92 bits per heavy atom. The van der Waals surface area contributed by atoms with Gasteiger partial charge in [0, 0.05) is 11.5 Å². The van der Waals surface area contributed by atoms with Crippen LogP contribution in [0, 0.1) is 5.92 Å². The minimum atomic E-state index is -0.171. The van der Waals surface area contributed by atoms with Gasteiger partial charge < -0.3 is 5.11 Å². The molecule has 0 heterocycles. The lowest BCUT2D eigenvalue weighted by Gasteiger charge is -2.21. The predicted molar refractivity (Wildman–Crippen MR) is 49.7 cm³/mol. The number of aliphatic hydroxyl groups is 1. The van der Waals surface area contributed by atoms with Crippen LogP contribution < -0.4 is 0 Å². The predicted octanol–water partition coefficient (Wildman–Crippen LogP) is 1.42. The Hall–Kier alpha value is -1.15. The number of ketones is 1. The van der Waals surface area contributed by atoms with E-state index in [0.29, 0.717) is 0 Å². The second-order valence-corrected chi connectivity index (χ2v) is 3.44. The fourth-order valence-corrected chi connectivity index (χ4v) is 1.83. The molecular weight excluding hydrogens is 164 g/mol. The fraction of sp³-hybridized carbons (Fsp3) is 0.364. The van der Waals surface area contributed by atoms with E-state index in [-0.39, 0.29) is 18.3 Å². The molecule has 0 radical (unpaired) electrons. The maximum atomic E-state index is 11.7. The zero-order valence-corrected chi connectivity index (χ0v) is 7.36. The highest BCUT2D eigenvalue weighted by molar-refractivity contribution is 6.00. The Bertz CT molecular complexity index is 331. The number of hydrogen-bond donors (Lipinski definition) is 1. The summed E-state index contributed by atoms with van der Waals surface area (Å²) in [7, 11) is 0. The number of rotatable bonds is 1. The summed E-state index contributed by atoms with van der Waals surface area (Å²) in [4.78, 5) is 11.7. The standard InChI is InChI=1S/C11H12O2/c12-7-9-6-5-8-3-1-2-4-10(8)11(9)13/h1-4,9,12H,5-7H2/t9-/m1/s1. The van der Waals surface area contributed by atoms with Crippen molar-refractivity contribution in [3.05, 3.63) is 35.4 Å². The van der Waals surface area contributed by atoms with Gasteiger partial charge in [-0.15, -0.1) is 0 Å². The molecule has 0 aliphatic heterocycles. The molecule has 0 aromatic heterocycles. The Balaban J connectivity index is 2.39. The Morgan fingerprint density at radius 1 is 1.38 bits per heavy atom. The molecular formula is C11H12O2. The molecule has 1 aromatic carbocycles. The third-order valence-corrected chi connectivity index (χ3v) is 2.64. The number of aliphatic hydroxyl groups excluding tert-OH is 1. The molecule has 2 rings (SSSR count). The van der Waals surface area contributed by atoms with Crippen molar-refractivity contribution in [2.45, 2.75) is 12.8 Å². The largest absolute Gasteiger partial charge is 0.396 e. The molecule has 0 unspecified atom stereocenters. The van der Waals surface area contributed by atoms with Crippen molar-refractivity contribution in [3.63, 3.8) is 0 Å². The summed E-state index contributed by atoms with van der Waals surface area (Å²) in [5.74, 6) is -0.0701. The van der Waals surface area contributed by atoms with Crippen LogP contribution in [-0.4, -0.2) is 17.5 Å². The van der Waals surface area contributed by atoms with Crippen LogP contribution in [0.15, 0.2) is 24.3 Å². The SMILES string of the molecule is O=C1c2ccccc2CC[C@@H]1CO. The highest BCUT2D eigenvalue weighted by atomic mass is 16.3. The summed E-state index contributed by atoms with van der Waals surface area (Å²) in [6.45, 7) is -0.0207. The maximum absolute atomic E-state index is 11.7. The second kappa shape index (κ2) is 3.30. The quantitative estimate of drug-likeness (QED) is 0.702. The molecule has 0 amide bonds. The first-order chi connectivity index (χ1) is 6.33. The second-order valence-electron chi connectivity index (χ2n) is 3.44. The van der Waals surface area contributed by atoms with Crippen LogP contribution in [-0.2, 0) is 6.42 Å². The summed E-state index contributed by atoms with van der Waals surface area (Å²) >= 11 is 0. The van der Waals surface area contributed by atoms with Crippen LogP contribution in [0.1, 0.15) is 22.3 Å². The molecule has 1 atom stereocenters. The Morgan fingerprint density at radius 2 is 2.15 bits per heavy atom. The average Bonchev–Trinajstić information content (AvgIpc) is 2.19. The van der Waals surface area contributed by atoms with E-state index < -0.39 is 0 Å². The topological polar surface area (TPSA) is 37.3 Å². The lowest BCUT2D eigenvalue weighted by atomic mass is 9.83. The van der Waals surface area contributed by atoms with E-state index in [1.165, 1.54) is 0 Å². The van der Waals surface area contributed by atoms with Crippen LogP contribution in [0.2, 0.25) is 0 Å². The molecule has 2 nitrogen and oxygen atoms in total. The van der Waals surface area contributed by atoms with Crippen LogP contribution in [0.4, 0.5) is 0 Å². The van der Waals surface area contributed by atoms with Crippen molar-refractivity contribution in [2.24, 2.45) is 5.92 Å². The molecule has 13 heavy (non-hydrogen) atoms. The normalized spacial score (nSPS) is 21.3. The van der Waals surface area contributed by atoms with Crippen molar-refractivity contribution in [1.29, 1.82) is 0 Å². The van der Waals surface area contributed by atoms with Gasteiger partial charge in [0.1, 0.15) is 0 Å². The Labute approximate surface area is 77.2 Å². The first-order valence-electron chi connectivity index (χ1n) is 4.56. The summed E-state index contributed by atoms with van der Waals surface area (Å²) < 4.78 is 0. The highest BCUT2D eigenvalue weighted by Crippen LogP contribution is 2.24. The fourth-order valence-electron chi connectivity index (χ4n) is 1.83. The van der Waals surface area contributed by atoms with Crippen molar-refractivity contribution >= 4 is 5.78 Å². The average molecular weight is 176 g/mol. The monoisotopic (exact) mass is 176 g/mol.